The maximum Gasteiger partial charge on any atom is 0.408 e. The Morgan fingerprint density at radius 1 is 1.28 bits per heavy atom. The number of aromatic nitrogens is 3. The molecule has 0 amide bonds. The van der Waals surface area contributed by atoms with E-state index >= 15 is 0 Å². The van der Waals surface area contributed by atoms with Gasteiger partial charge < -0.3 is 14.0 Å². The van der Waals surface area contributed by atoms with Gasteiger partial charge in [-0.15, -0.1) is 0 Å². The van der Waals surface area contributed by atoms with Crippen LogP contribution in [-0.4, -0.2) is 33.6 Å². The van der Waals surface area contributed by atoms with E-state index in [1.54, 1.807) is 6.92 Å². The van der Waals surface area contributed by atoms with Crippen LogP contribution in [0.2, 0.25) is 5.15 Å². The molecule has 0 radical (unpaired) electrons. The van der Waals surface area contributed by atoms with E-state index in [-0.39, 0.29) is 16.5 Å². The van der Waals surface area contributed by atoms with Crippen LogP contribution in [0.4, 0.5) is 13.2 Å². The van der Waals surface area contributed by atoms with Crippen LogP contribution in [-0.2, 0) is 9.47 Å². The van der Waals surface area contributed by atoms with Crippen LogP contribution in [0.1, 0.15) is 52.1 Å². The lowest BCUT2D eigenvalue weighted by molar-refractivity contribution is -0.175. The summed E-state index contributed by atoms with van der Waals surface area (Å²) in [6, 6.07) is -0.411. The van der Waals surface area contributed by atoms with E-state index < -0.39 is 24.6 Å². The topological polar surface area (TPSA) is 49.2 Å². The molecule has 0 saturated heterocycles. The third kappa shape index (κ3) is 4.43. The largest absolute Gasteiger partial charge is 0.408 e. The molecule has 2 aromatic heterocycles. The number of hydrogen-bond donors (Lipinski definition) is 0. The summed E-state index contributed by atoms with van der Waals surface area (Å²) in [7, 11) is 0. The quantitative estimate of drug-likeness (QED) is 0.498. The predicted octanol–water partition coefficient (Wildman–Crippen LogP) is 5.06. The van der Waals surface area contributed by atoms with E-state index in [0.29, 0.717) is 18.5 Å². The smallest absolute Gasteiger partial charge is 0.353 e. The molecule has 0 aliphatic heterocycles. The Labute approximate surface area is 149 Å². The normalized spacial score (nSPS) is 16.2. The minimum absolute atomic E-state index is 0.101. The highest BCUT2D eigenvalue weighted by Gasteiger charge is 2.40. The maximum absolute atomic E-state index is 13.4. The van der Waals surface area contributed by atoms with Gasteiger partial charge in [0.1, 0.15) is 28.6 Å². The minimum Gasteiger partial charge on any atom is -0.353 e. The van der Waals surface area contributed by atoms with Crippen LogP contribution in [0.25, 0.3) is 11.0 Å². The van der Waals surface area contributed by atoms with E-state index in [9.17, 15) is 13.2 Å². The molecule has 0 bridgehead atoms. The molecule has 0 aliphatic carbocycles. The van der Waals surface area contributed by atoms with Crippen LogP contribution in [0.3, 0.4) is 0 Å². The Hall–Kier alpha value is -1.38. The van der Waals surface area contributed by atoms with Gasteiger partial charge in [0.05, 0.1) is 11.7 Å². The van der Waals surface area contributed by atoms with E-state index in [4.69, 9.17) is 21.1 Å². The molecular formula is C16H21ClF3N3O2. The maximum atomic E-state index is 13.4. The van der Waals surface area contributed by atoms with E-state index in [0.717, 1.165) is 11.5 Å². The van der Waals surface area contributed by atoms with Crippen LogP contribution in [0.5, 0.6) is 0 Å². The highest BCUT2D eigenvalue weighted by molar-refractivity contribution is 6.29. The van der Waals surface area contributed by atoms with Gasteiger partial charge in [-0.3, -0.25) is 0 Å². The van der Waals surface area contributed by atoms with Gasteiger partial charge in [0.15, 0.2) is 6.29 Å². The van der Waals surface area contributed by atoms with Crippen molar-refractivity contribution in [1.29, 1.82) is 0 Å². The fourth-order valence-electron chi connectivity index (χ4n) is 2.56. The monoisotopic (exact) mass is 379 g/mol. The van der Waals surface area contributed by atoms with Crippen LogP contribution < -0.4 is 0 Å². The molecule has 3 atom stereocenters. The summed E-state index contributed by atoms with van der Waals surface area (Å²) in [6.45, 7) is 6.87. The van der Waals surface area contributed by atoms with Gasteiger partial charge in [-0.1, -0.05) is 18.5 Å². The first-order valence-corrected chi connectivity index (χ1v) is 8.43. The van der Waals surface area contributed by atoms with Gasteiger partial charge in [0, 0.05) is 12.7 Å². The van der Waals surface area contributed by atoms with Crippen LogP contribution >= 0.6 is 11.6 Å². The van der Waals surface area contributed by atoms with Crippen molar-refractivity contribution >= 4 is 22.6 Å². The number of rotatable bonds is 7. The summed E-state index contributed by atoms with van der Waals surface area (Å²) in [6.07, 6.45) is -3.74. The summed E-state index contributed by atoms with van der Waals surface area (Å²) in [5, 5.41) is 0.101. The third-order valence-corrected chi connectivity index (χ3v) is 4.04. The molecule has 0 saturated carbocycles. The number of nitrogens with zero attached hydrogens (tertiary/aromatic N) is 3. The van der Waals surface area contributed by atoms with Crippen LogP contribution in [0.15, 0.2) is 12.3 Å². The summed E-state index contributed by atoms with van der Waals surface area (Å²) < 4.78 is 52.4. The first-order chi connectivity index (χ1) is 11.7. The van der Waals surface area contributed by atoms with Crippen molar-refractivity contribution in [1.82, 2.24) is 14.5 Å². The van der Waals surface area contributed by atoms with Crippen molar-refractivity contribution in [2.45, 2.75) is 58.7 Å². The number of hydrogen-bond acceptors (Lipinski definition) is 4. The number of imidazole rings is 1. The number of alkyl halides is 3. The average Bonchev–Trinajstić information content (AvgIpc) is 2.91. The number of ether oxygens (including phenoxy) is 2. The highest BCUT2D eigenvalue weighted by atomic mass is 35.5. The number of fused-ring (bicyclic) bond motifs is 1. The molecule has 0 aromatic carbocycles. The lowest BCUT2D eigenvalue weighted by Gasteiger charge is -2.25. The first-order valence-electron chi connectivity index (χ1n) is 8.06. The van der Waals surface area contributed by atoms with E-state index in [1.807, 2.05) is 13.8 Å². The molecule has 9 heteroatoms. The SMILES string of the molecule is CCOC(CC)OC(C)c1nc2cnc(Cl)cc2n1C(C)C(F)(F)F. The summed E-state index contributed by atoms with van der Waals surface area (Å²) in [5.74, 6) is 0.155. The lowest BCUT2D eigenvalue weighted by atomic mass is 10.2. The van der Waals surface area contributed by atoms with E-state index in [2.05, 4.69) is 9.97 Å². The second kappa shape index (κ2) is 7.88. The minimum atomic E-state index is -4.44. The molecule has 0 aliphatic rings. The third-order valence-electron chi connectivity index (χ3n) is 3.84. The predicted molar refractivity (Wildman–Crippen MR) is 88.5 cm³/mol. The standard InChI is InChI=1S/C16H21ClF3N3O2/c1-5-14(24-6-2)25-9(3)15-22-11-8-21-13(17)7-12(11)23(15)10(4)16(18,19)20/h7-10,14H,5-6H2,1-4H3. The second-order valence-corrected chi connectivity index (χ2v) is 6.01. The Morgan fingerprint density at radius 3 is 2.52 bits per heavy atom. The Balaban J connectivity index is 2.51. The molecule has 25 heavy (non-hydrogen) atoms. The fraction of sp³-hybridized carbons (Fsp3) is 0.625. The molecule has 2 heterocycles. The first kappa shape index (κ1) is 19.9. The summed E-state index contributed by atoms with van der Waals surface area (Å²) >= 11 is 5.86. The summed E-state index contributed by atoms with van der Waals surface area (Å²) in [5.41, 5.74) is 0.593. The van der Waals surface area contributed by atoms with Crippen molar-refractivity contribution in [3.8, 4) is 0 Å². The average molecular weight is 380 g/mol. The molecular weight excluding hydrogens is 359 g/mol. The van der Waals surface area contributed by atoms with Gasteiger partial charge in [-0.25, -0.2) is 9.97 Å². The number of halogens is 4. The number of pyridine rings is 1. The van der Waals surface area contributed by atoms with Gasteiger partial charge in [-0.05, 0) is 27.2 Å². The van der Waals surface area contributed by atoms with Gasteiger partial charge >= 0.3 is 6.18 Å². The Morgan fingerprint density at radius 2 is 1.96 bits per heavy atom. The van der Waals surface area contributed by atoms with Gasteiger partial charge in [-0.2, -0.15) is 13.2 Å². The van der Waals surface area contributed by atoms with Crippen molar-refractivity contribution in [3.63, 3.8) is 0 Å². The lowest BCUT2D eigenvalue weighted by Crippen LogP contribution is -2.27. The molecule has 0 spiro atoms. The van der Waals surface area contributed by atoms with Crippen molar-refractivity contribution in [2.75, 3.05) is 6.61 Å². The zero-order valence-electron chi connectivity index (χ0n) is 14.5. The molecule has 3 unspecified atom stereocenters. The van der Waals surface area contributed by atoms with E-state index in [1.165, 1.54) is 12.3 Å². The molecule has 0 fully saturated rings. The second-order valence-electron chi connectivity index (χ2n) is 5.62. The van der Waals surface area contributed by atoms with Crippen molar-refractivity contribution in [2.24, 2.45) is 0 Å². The summed E-state index contributed by atoms with van der Waals surface area (Å²) in [4.78, 5) is 8.19. The highest BCUT2D eigenvalue weighted by Crippen LogP contribution is 2.36. The van der Waals surface area contributed by atoms with Crippen LogP contribution in [0, 0.1) is 0 Å². The molecule has 2 rings (SSSR count). The Kier molecular flexibility index (Phi) is 6.29. The Bertz CT molecular complexity index is 720. The van der Waals surface area contributed by atoms with Gasteiger partial charge in [0.2, 0.25) is 0 Å². The molecule has 5 nitrogen and oxygen atoms in total. The fourth-order valence-corrected chi connectivity index (χ4v) is 2.71. The molecule has 140 valence electrons. The van der Waals surface area contributed by atoms with Crippen molar-refractivity contribution < 1.29 is 22.6 Å². The van der Waals surface area contributed by atoms with Crippen molar-refractivity contribution in [3.05, 3.63) is 23.2 Å². The van der Waals surface area contributed by atoms with Gasteiger partial charge in [0.25, 0.3) is 0 Å². The zero-order valence-corrected chi connectivity index (χ0v) is 15.2. The zero-order chi connectivity index (χ0) is 18.8. The molecule has 0 N–H and O–H groups in total. The molecule has 2 aromatic rings.